The Labute approximate surface area is 127 Å². The molecule has 1 saturated heterocycles. The van der Waals surface area contributed by atoms with Crippen molar-refractivity contribution in [1.29, 1.82) is 0 Å². The summed E-state index contributed by atoms with van der Waals surface area (Å²) in [4.78, 5) is 13.4. The van der Waals surface area contributed by atoms with E-state index in [0.29, 0.717) is 5.92 Å². The highest BCUT2D eigenvalue weighted by atomic mass is 16.3. The lowest BCUT2D eigenvalue weighted by molar-refractivity contribution is 0.0717. The van der Waals surface area contributed by atoms with E-state index in [1.54, 1.807) is 12.4 Å². The Morgan fingerprint density at radius 2 is 1.71 bits per heavy atom. The molecule has 1 saturated carbocycles. The van der Waals surface area contributed by atoms with Crippen molar-refractivity contribution in [3.05, 3.63) is 18.5 Å². The van der Waals surface area contributed by atoms with Gasteiger partial charge in [-0.05, 0) is 24.8 Å². The van der Waals surface area contributed by atoms with Gasteiger partial charge in [-0.25, -0.2) is 9.97 Å². The number of aliphatic hydroxyl groups excluding tert-OH is 1. The average Bonchev–Trinajstić information content (AvgIpc) is 2.74. The van der Waals surface area contributed by atoms with Crippen LogP contribution in [0.1, 0.15) is 32.1 Å². The lowest BCUT2D eigenvalue weighted by Crippen LogP contribution is -2.49. The number of piperazine rings is 1. The Bertz CT molecular complexity index is 420. The predicted octanol–water partition coefficient (Wildman–Crippen LogP) is 1.54. The molecule has 0 amide bonds. The van der Waals surface area contributed by atoms with Gasteiger partial charge in [0.2, 0.25) is 5.95 Å². The van der Waals surface area contributed by atoms with Gasteiger partial charge in [0.25, 0.3) is 0 Å². The van der Waals surface area contributed by atoms with Gasteiger partial charge in [-0.15, -0.1) is 0 Å². The second kappa shape index (κ2) is 7.18. The zero-order valence-electron chi connectivity index (χ0n) is 12.7. The van der Waals surface area contributed by atoms with Crippen molar-refractivity contribution in [1.82, 2.24) is 14.9 Å². The fourth-order valence-electron chi connectivity index (χ4n) is 3.49. The second-order valence-electron chi connectivity index (χ2n) is 6.30. The van der Waals surface area contributed by atoms with E-state index < -0.39 is 0 Å². The largest absolute Gasteiger partial charge is 0.393 e. The molecule has 5 heteroatoms. The van der Waals surface area contributed by atoms with E-state index >= 15 is 0 Å². The first-order chi connectivity index (χ1) is 10.3. The summed E-state index contributed by atoms with van der Waals surface area (Å²) in [5.41, 5.74) is 0. The Kier molecular flexibility index (Phi) is 5.04. The number of hydrogen-bond acceptors (Lipinski definition) is 5. The zero-order valence-corrected chi connectivity index (χ0v) is 12.7. The monoisotopic (exact) mass is 290 g/mol. The van der Waals surface area contributed by atoms with Gasteiger partial charge in [-0.2, -0.15) is 0 Å². The van der Waals surface area contributed by atoms with Crippen molar-refractivity contribution >= 4 is 5.95 Å². The zero-order chi connectivity index (χ0) is 14.5. The van der Waals surface area contributed by atoms with Crippen molar-refractivity contribution in [2.45, 2.75) is 38.2 Å². The molecule has 1 aromatic rings. The van der Waals surface area contributed by atoms with Gasteiger partial charge in [0.05, 0.1) is 6.10 Å². The number of hydrogen-bond donors (Lipinski definition) is 1. The average molecular weight is 290 g/mol. The quantitative estimate of drug-likeness (QED) is 0.856. The molecule has 1 aromatic heterocycles. The predicted molar refractivity (Wildman–Crippen MR) is 83.3 cm³/mol. The van der Waals surface area contributed by atoms with Crippen molar-refractivity contribution in [3.63, 3.8) is 0 Å². The molecule has 116 valence electrons. The van der Waals surface area contributed by atoms with Gasteiger partial charge >= 0.3 is 0 Å². The van der Waals surface area contributed by atoms with Crippen molar-refractivity contribution in [2.75, 3.05) is 37.6 Å². The minimum absolute atomic E-state index is 0.0945. The van der Waals surface area contributed by atoms with E-state index in [1.165, 1.54) is 25.7 Å². The molecular weight excluding hydrogens is 264 g/mol. The maximum atomic E-state index is 10.3. The summed E-state index contributed by atoms with van der Waals surface area (Å²) in [6.07, 6.45) is 9.44. The van der Waals surface area contributed by atoms with Crippen LogP contribution in [-0.4, -0.2) is 58.8 Å². The molecule has 2 unspecified atom stereocenters. The van der Waals surface area contributed by atoms with Gasteiger partial charge < -0.3 is 10.0 Å². The first kappa shape index (κ1) is 14.7. The molecule has 1 aliphatic carbocycles. The summed E-state index contributed by atoms with van der Waals surface area (Å²) in [7, 11) is 0. The van der Waals surface area contributed by atoms with Gasteiger partial charge in [-0.3, -0.25) is 4.90 Å². The molecule has 0 spiro atoms. The van der Waals surface area contributed by atoms with E-state index in [0.717, 1.165) is 45.1 Å². The molecule has 21 heavy (non-hydrogen) atoms. The summed E-state index contributed by atoms with van der Waals surface area (Å²) in [6.45, 7) is 5.09. The molecule has 2 heterocycles. The molecule has 0 bridgehead atoms. The van der Waals surface area contributed by atoms with Gasteiger partial charge in [-0.1, -0.05) is 19.3 Å². The molecule has 1 N–H and O–H groups in total. The first-order valence-electron chi connectivity index (χ1n) is 8.25. The normalized spacial score (nSPS) is 28.3. The Morgan fingerprint density at radius 3 is 2.48 bits per heavy atom. The van der Waals surface area contributed by atoms with Crippen LogP contribution in [0.3, 0.4) is 0 Å². The van der Waals surface area contributed by atoms with Crippen LogP contribution in [-0.2, 0) is 0 Å². The van der Waals surface area contributed by atoms with Crippen molar-refractivity contribution in [3.8, 4) is 0 Å². The van der Waals surface area contributed by atoms with Gasteiger partial charge in [0, 0.05) is 45.1 Å². The van der Waals surface area contributed by atoms with E-state index in [9.17, 15) is 5.11 Å². The third kappa shape index (κ3) is 3.92. The third-order valence-electron chi connectivity index (χ3n) is 4.82. The van der Waals surface area contributed by atoms with Crippen LogP contribution in [0.2, 0.25) is 0 Å². The molecule has 2 aliphatic rings. The van der Waals surface area contributed by atoms with Crippen LogP contribution in [0, 0.1) is 5.92 Å². The summed E-state index contributed by atoms with van der Waals surface area (Å²) < 4.78 is 0. The lowest BCUT2D eigenvalue weighted by Gasteiger charge is -2.37. The highest BCUT2D eigenvalue weighted by molar-refractivity contribution is 5.29. The SMILES string of the molecule is OC1CCCCCC1CN1CCN(c2ncccn2)CC1. The van der Waals surface area contributed by atoms with Crippen molar-refractivity contribution < 1.29 is 5.11 Å². The van der Waals surface area contributed by atoms with Gasteiger partial charge in [0.1, 0.15) is 0 Å². The number of aliphatic hydroxyl groups is 1. The van der Waals surface area contributed by atoms with Crippen molar-refractivity contribution in [2.24, 2.45) is 5.92 Å². The minimum Gasteiger partial charge on any atom is -0.393 e. The number of aromatic nitrogens is 2. The molecule has 5 nitrogen and oxygen atoms in total. The Morgan fingerprint density at radius 1 is 1.00 bits per heavy atom. The fraction of sp³-hybridized carbons (Fsp3) is 0.750. The van der Waals surface area contributed by atoms with Crippen LogP contribution in [0.25, 0.3) is 0 Å². The van der Waals surface area contributed by atoms with E-state index in [4.69, 9.17) is 0 Å². The van der Waals surface area contributed by atoms with Crippen LogP contribution < -0.4 is 4.90 Å². The second-order valence-corrected chi connectivity index (χ2v) is 6.30. The summed E-state index contributed by atoms with van der Waals surface area (Å²) in [5.74, 6) is 1.30. The molecular formula is C16H26N4O. The van der Waals surface area contributed by atoms with Gasteiger partial charge in [0.15, 0.2) is 0 Å². The maximum Gasteiger partial charge on any atom is 0.225 e. The molecule has 2 fully saturated rings. The van der Waals surface area contributed by atoms with Crippen LogP contribution >= 0.6 is 0 Å². The standard InChI is InChI=1S/C16H26N4O/c21-15-6-3-1-2-5-14(15)13-19-9-11-20(12-10-19)16-17-7-4-8-18-16/h4,7-8,14-15,21H,1-3,5-6,9-13H2. The molecule has 0 radical (unpaired) electrons. The lowest BCUT2D eigenvalue weighted by atomic mass is 9.96. The summed E-state index contributed by atoms with van der Waals surface area (Å²) in [6, 6.07) is 1.85. The molecule has 3 rings (SSSR count). The van der Waals surface area contributed by atoms with Crippen LogP contribution in [0.5, 0.6) is 0 Å². The fourth-order valence-corrected chi connectivity index (χ4v) is 3.49. The molecule has 2 atom stereocenters. The Balaban J connectivity index is 1.49. The summed E-state index contributed by atoms with van der Waals surface area (Å²) in [5, 5.41) is 10.3. The minimum atomic E-state index is -0.0945. The van der Waals surface area contributed by atoms with E-state index in [-0.39, 0.29) is 6.10 Å². The maximum absolute atomic E-state index is 10.3. The highest BCUT2D eigenvalue weighted by Crippen LogP contribution is 2.24. The third-order valence-corrected chi connectivity index (χ3v) is 4.82. The smallest absolute Gasteiger partial charge is 0.225 e. The summed E-state index contributed by atoms with van der Waals surface area (Å²) >= 11 is 0. The first-order valence-corrected chi connectivity index (χ1v) is 8.25. The Hall–Kier alpha value is -1.20. The van der Waals surface area contributed by atoms with Crippen LogP contribution in [0.15, 0.2) is 18.5 Å². The highest BCUT2D eigenvalue weighted by Gasteiger charge is 2.26. The number of nitrogens with zero attached hydrogens (tertiary/aromatic N) is 4. The molecule has 0 aromatic carbocycles. The van der Waals surface area contributed by atoms with E-state index in [2.05, 4.69) is 19.8 Å². The number of anilines is 1. The van der Waals surface area contributed by atoms with Crippen LogP contribution in [0.4, 0.5) is 5.95 Å². The van der Waals surface area contributed by atoms with E-state index in [1.807, 2.05) is 6.07 Å². The molecule has 1 aliphatic heterocycles. The number of rotatable bonds is 3. The topological polar surface area (TPSA) is 52.5 Å².